The topological polar surface area (TPSA) is 23.5 Å². The Labute approximate surface area is 121 Å². The maximum atomic E-state index is 12.9. The molecule has 1 aromatic rings. The van der Waals surface area contributed by atoms with Crippen LogP contribution in [0.2, 0.25) is 5.02 Å². The van der Waals surface area contributed by atoms with E-state index in [1.165, 1.54) is 19.1 Å². The number of hydrogen-bond acceptors (Lipinski definition) is 2. The van der Waals surface area contributed by atoms with Crippen molar-refractivity contribution in [2.75, 3.05) is 13.1 Å². The summed E-state index contributed by atoms with van der Waals surface area (Å²) in [6.45, 7) is 2.88. The Morgan fingerprint density at radius 3 is 2.30 bits per heavy atom. The summed E-state index contributed by atoms with van der Waals surface area (Å²) in [6, 6.07) is 3.58. The highest BCUT2D eigenvalue weighted by Crippen LogP contribution is 2.38. The lowest BCUT2D eigenvalue weighted by Gasteiger charge is -2.40. The molecule has 6 heteroatoms. The molecule has 0 aromatic heterocycles. The first-order chi connectivity index (χ1) is 9.23. The van der Waals surface area contributed by atoms with Crippen LogP contribution in [-0.2, 0) is 11.9 Å². The number of alkyl halides is 3. The lowest BCUT2D eigenvalue weighted by atomic mass is 9.97. The third-order valence-corrected chi connectivity index (χ3v) is 4.12. The Morgan fingerprint density at radius 2 is 1.75 bits per heavy atom. The Morgan fingerprint density at radius 1 is 1.15 bits per heavy atom. The summed E-state index contributed by atoms with van der Waals surface area (Å²) in [4.78, 5) is 1.81. The summed E-state index contributed by atoms with van der Waals surface area (Å²) >= 11 is 5.60. The minimum atomic E-state index is -4.52. The Hall–Kier alpha value is -0.780. The number of nitrogens with zero attached hydrogens (tertiary/aromatic N) is 1. The number of rotatable bonds is 2. The van der Waals surface area contributed by atoms with Gasteiger partial charge in [0.15, 0.2) is 0 Å². The van der Waals surface area contributed by atoms with Crippen molar-refractivity contribution < 1.29 is 18.3 Å². The van der Waals surface area contributed by atoms with Crippen LogP contribution in [0.5, 0.6) is 0 Å². The fourth-order valence-electron chi connectivity index (χ4n) is 2.55. The molecule has 112 valence electrons. The van der Waals surface area contributed by atoms with Crippen molar-refractivity contribution in [3.05, 3.63) is 34.3 Å². The van der Waals surface area contributed by atoms with Crippen LogP contribution in [0, 0.1) is 0 Å². The molecule has 0 bridgehead atoms. The maximum Gasteiger partial charge on any atom is 0.417 e. The maximum absolute atomic E-state index is 12.9. The fourth-order valence-corrected chi connectivity index (χ4v) is 2.77. The molecule has 0 aliphatic carbocycles. The molecule has 1 saturated heterocycles. The number of hydrogen-bond donors (Lipinski definition) is 1. The Bertz CT molecular complexity index is 482. The van der Waals surface area contributed by atoms with Crippen molar-refractivity contribution in [3.8, 4) is 0 Å². The van der Waals surface area contributed by atoms with E-state index >= 15 is 0 Å². The lowest BCUT2D eigenvalue weighted by Crippen LogP contribution is -2.46. The van der Waals surface area contributed by atoms with Gasteiger partial charge in [0.1, 0.15) is 5.72 Å². The highest BCUT2D eigenvalue weighted by molar-refractivity contribution is 6.31. The number of halogens is 4. The monoisotopic (exact) mass is 307 g/mol. The number of benzene rings is 1. The van der Waals surface area contributed by atoms with Gasteiger partial charge in [0.05, 0.1) is 10.6 Å². The van der Waals surface area contributed by atoms with Gasteiger partial charge < -0.3 is 5.11 Å². The zero-order chi connectivity index (χ0) is 15.0. The molecule has 1 aliphatic rings. The quantitative estimate of drug-likeness (QED) is 0.892. The largest absolute Gasteiger partial charge is 0.417 e. The van der Waals surface area contributed by atoms with Gasteiger partial charge in [0.25, 0.3) is 0 Å². The predicted molar refractivity (Wildman–Crippen MR) is 71.4 cm³/mol. The first-order valence-electron chi connectivity index (χ1n) is 6.57. The zero-order valence-electron chi connectivity index (χ0n) is 11.2. The summed E-state index contributed by atoms with van der Waals surface area (Å²) in [5.74, 6) is 0. The van der Waals surface area contributed by atoms with Crippen LogP contribution in [0.3, 0.4) is 0 Å². The van der Waals surface area contributed by atoms with E-state index in [4.69, 9.17) is 11.6 Å². The smallest absolute Gasteiger partial charge is 0.372 e. The Kier molecular flexibility index (Phi) is 4.33. The van der Waals surface area contributed by atoms with E-state index in [0.717, 1.165) is 25.3 Å². The molecule has 2 rings (SSSR count). The first kappa shape index (κ1) is 15.6. The standard InChI is InChI=1S/C14H17ClF3NO/c1-13(20,19-7-3-2-4-8-19)10-5-6-12(15)11(9-10)14(16,17)18/h5-6,9,20H,2-4,7-8H2,1H3. The molecular weight excluding hydrogens is 291 g/mol. The molecular formula is C14H17ClF3NO. The van der Waals surface area contributed by atoms with E-state index in [2.05, 4.69) is 0 Å². The van der Waals surface area contributed by atoms with Gasteiger partial charge in [-0.3, -0.25) is 4.90 Å². The van der Waals surface area contributed by atoms with Crippen LogP contribution in [0.25, 0.3) is 0 Å². The summed E-state index contributed by atoms with van der Waals surface area (Å²) in [6.07, 6.45) is -1.56. The van der Waals surface area contributed by atoms with Crippen molar-refractivity contribution >= 4 is 11.6 Å². The van der Waals surface area contributed by atoms with Gasteiger partial charge >= 0.3 is 6.18 Å². The van der Waals surface area contributed by atoms with Crippen LogP contribution in [-0.4, -0.2) is 23.1 Å². The van der Waals surface area contributed by atoms with Gasteiger partial charge in [-0.05, 0) is 37.5 Å². The molecule has 20 heavy (non-hydrogen) atoms. The van der Waals surface area contributed by atoms with E-state index in [1.807, 2.05) is 0 Å². The molecule has 1 unspecified atom stereocenters. The third-order valence-electron chi connectivity index (χ3n) is 3.79. The molecule has 0 spiro atoms. The summed E-state index contributed by atoms with van der Waals surface area (Å²) in [5, 5.41) is 10.3. The predicted octanol–water partition coefficient (Wildman–Crippen LogP) is 4.01. The van der Waals surface area contributed by atoms with E-state index < -0.39 is 17.5 Å². The number of piperidine rings is 1. The first-order valence-corrected chi connectivity index (χ1v) is 6.95. The second-order valence-corrected chi connectivity index (χ2v) is 5.67. The van der Waals surface area contributed by atoms with Gasteiger partial charge in [-0.2, -0.15) is 13.2 Å². The zero-order valence-corrected chi connectivity index (χ0v) is 11.9. The number of aliphatic hydroxyl groups is 1. The van der Waals surface area contributed by atoms with Gasteiger partial charge in [-0.15, -0.1) is 0 Å². The van der Waals surface area contributed by atoms with Crippen molar-refractivity contribution in [2.45, 2.75) is 38.1 Å². The normalized spacial score (nSPS) is 20.7. The summed E-state index contributed by atoms with van der Waals surface area (Å²) < 4.78 is 38.6. The van der Waals surface area contributed by atoms with Crippen LogP contribution >= 0.6 is 11.6 Å². The second kappa shape index (κ2) is 5.54. The van der Waals surface area contributed by atoms with Crippen LogP contribution in [0.1, 0.15) is 37.3 Å². The van der Waals surface area contributed by atoms with Crippen LogP contribution in [0.15, 0.2) is 18.2 Å². The van der Waals surface area contributed by atoms with Crippen LogP contribution < -0.4 is 0 Å². The minimum absolute atomic E-state index is 0.219. The van der Waals surface area contributed by atoms with Gasteiger partial charge in [-0.25, -0.2) is 0 Å². The fraction of sp³-hybridized carbons (Fsp3) is 0.571. The van der Waals surface area contributed by atoms with Gasteiger partial charge in [-0.1, -0.05) is 24.1 Å². The van der Waals surface area contributed by atoms with E-state index in [-0.39, 0.29) is 10.6 Å². The molecule has 0 amide bonds. The van der Waals surface area contributed by atoms with Crippen molar-refractivity contribution in [3.63, 3.8) is 0 Å². The average molecular weight is 308 g/mol. The highest BCUT2D eigenvalue weighted by Gasteiger charge is 2.37. The third kappa shape index (κ3) is 3.10. The molecule has 1 aromatic carbocycles. The molecule has 1 N–H and O–H groups in total. The molecule has 1 atom stereocenters. The highest BCUT2D eigenvalue weighted by atomic mass is 35.5. The van der Waals surface area contributed by atoms with E-state index in [0.29, 0.717) is 13.1 Å². The van der Waals surface area contributed by atoms with Crippen molar-refractivity contribution in [1.29, 1.82) is 0 Å². The number of likely N-dealkylation sites (tertiary alicyclic amines) is 1. The van der Waals surface area contributed by atoms with Crippen molar-refractivity contribution in [2.24, 2.45) is 0 Å². The SMILES string of the molecule is CC(O)(c1ccc(Cl)c(C(F)(F)F)c1)N1CCCCC1. The summed E-state index contributed by atoms with van der Waals surface area (Å²) in [5.41, 5.74) is -2.10. The minimum Gasteiger partial charge on any atom is -0.372 e. The lowest BCUT2D eigenvalue weighted by molar-refractivity contribution is -0.138. The molecule has 1 fully saturated rings. The van der Waals surface area contributed by atoms with E-state index in [1.54, 1.807) is 4.90 Å². The summed E-state index contributed by atoms with van der Waals surface area (Å²) in [7, 11) is 0. The molecule has 2 nitrogen and oxygen atoms in total. The van der Waals surface area contributed by atoms with Crippen LogP contribution in [0.4, 0.5) is 13.2 Å². The van der Waals surface area contributed by atoms with Gasteiger partial charge in [0, 0.05) is 13.1 Å². The van der Waals surface area contributed by atoms with Crippen molar-refractivity contribution in [1.82, 2.24) is 4.90 Å². The average Bonchev–Trinajstić information content (AvgIpc) is 2.38. The molecule has 0 saturated carbocycles. The van der Waals surface area contributed by atoms with Gasteiger partial charge in [0.2, 0.25) is 0 Å². The molecule has 1 aliphatic heterocycles. The second-order valence-electron chi connectivity index (χ2n) is 5.26. The molecule has 1 heterocycles. The Balaban J connectivity index is 2.36. The molecule has 0 radical (unpaired) electrons. The van der Waals surface area contributed by atoms with E-state index in [9.17, 15) is 18.3 Å².